The molecule has 1 aliphatic carbocycles. The molecule has 0 radical (unpaired) electrons. The van der Waals surface area contributed by atoms with Crippen LogP contribution in [0.2, 0.25) is 0 Å². The molecule has 4 unspecified atom stereocenters. The first-order valence-electron chi connectivity index (χ1n) is 11.2. The molecule has 0 spiro atoms. The summed E-state index contributed by atoms with van der Waals surface area (Å²) >= 11 is 0. The van der Waals surface area contributed by atoms with Crippen molar-refractivity contribution in [2.75, 3.05) is 13.7 Å². The maximum absolute atomic E-state index is 13.0. The van der Waals surface area contributed by atoms with Crippen molar-refractivity contribution in [1.82, 2.24) is 0 Å². The zero-order chi connectivity index (χ0) is 21.9. The molecule has 1 saturated carbocycles. The highest BCUT2D eigenvalue weighted by Gasteiger charge is 2.37. The highest BCUT2D eigenvalue weighted by molar-refractivity contribution is 5.87. The summed E-state index contributed by atoms with van der Waals surface area (Å²) in [6.07, 6.45) is 7.67. The van der Waals surface area contributed by atoms with Crippen LogP contribution < -0.4 is 0 Å². The van der Waals surface area contributed by atoms with Crippen molar-refractivity contribution < 1.29 is 14.3 Å². The van der Waals surface area contributed by atoms with Gasteiger partial charge in [-0.3, -0.25) is 4.79 Å². The third-order valence-corrected chi connectivity index (χ3v) is 6.59. The number of hydrogen-bond donors (Lipinski definition) is 0. The Balaban J connectivity index is 0.00000227. The van der Waals surface area contributed by atoms with Gasteiger partial charge in [-0.2, -0.15) is 0 Å². The Bertz CT molecular complexity index is 480. The Morgan fingerprint density at radius 3 is 2.29 bits per heavy atom. The van der Waals surface area contributed by atoms with E-state index in [1.165, 1.54) is 32.6 Å². The fourth-order valence-corrected chi connectivity index (χ4v) is 4.81. The van der Waals surface area contributed by atoms with Crippen LogP contribution in [-0.4, -0.2) is 25.8 Å². The van der Waals surface area contributed by atoms with Crippen molar-refractivity contribution in [2.24, 2.45) is 35.0 Å². The van der Waals surface area contributed by atoms with E-state index in [9.17, 15) is 4.79 Å². The van der Waals surface area contributed by atoms with Crippen LogP contribution in [0.3, 0.4) is 0 Å². The van der Waals surface area contributed by atoms with Crippen molar-refractivity contribution in [3.63, 3.8) is 0 Å². The van der Waals surface area contributed by atoms with E-state index >= 15 is 0 Å². The molecule has 0 heterocycles. The van der Waals surface area contributed by atoms with Gasteiger partial charge in [-0.05, 0) is 69.1 Å². The van der Waals surface area contributed by atoms with E-state index in [0.717, 1.165) is 42.0 Å². The summed E-state index contributed by atoms with van der Waals surface area (Å²) in [5.41, 5.74) is 0.464. The van der Waals surface area contributed by atoms with Crippen molar-refractivity contribution in [2.45, 2.75) is 87.0 Å². The smallest absolute Gasteiger partial charge is 0.145 e. The number of ketones is 1. The van der Waals surface area contributed by atoms with Gasteiger partial charge in [-0.1, -0.05) is 53.2 Å². The second-order valence-corrected chi connectivity index (χ2v) is 9.58. The number of rotatable bonds is 10. The molecule has 0 saturated heterocycles. The second kappa shape index (κ2) is 13.3. The largest absolute Gasteiger partial charge is 0.383 e. The van der Waals surface area contributed by atoms with Gasteiger partial charge in [0.25, 0.3) is 0 Å². The fraction of sp³-hybridized carbons (Fsp3) is 0.840. The molecule has 0 aromatic heterocycles. The average molecular weight is 395 g/mol. The summed E-state index contributed by atoms with van der Waals surface area (Å²) < 4.78 is 5.38. The molecule has 0 bridgehead atoms. The van der Waals surface area contributed by atoms with E-state index in [-0.39, 0.29) is 0 Å². The Kier molecular flexibility index (Phi) is 12.8. The third kappa shape index (κ3) is 8.19. The monoisotopic (exact) mass is 394 g/mol. The van der Waals surface area contributed by atoms with Crippen molar-refractivity contribution in [3.05, 3.63) is 12.2 Å². The van der Waals surface area contributed by atoms with E-state index in [2.05, 4.69) is 41.2 Å². The molecule has 28 heavy (non-hydrogen) atoms. The summed E-state index contributed by atoms with van der Waals surface area (Å²) in [7, 11) is 1.68. The Labute approximate surface area is 174 Å². The van der Waals surface area contributed by atoms with Gasteiger partial charge < -0.3 is 9.53 Å². The summed E-state index contributed by atoms with van der Waals surface area (Å²) in [6.45, 7) is 19.4. The zero-order valence-electron chi connectivity index (χ0n) is 19.8. The first-order chi connectivity index (χ1) is 13.0. The van der Waals surface area contributed by atoms with Crippen molar-refractivity contribution in [1.29, 1.82) is 0 Å². The highest BCUT2D eigenvalue weighted by atomic mass is 16.5. The van der Waals surface area contributed by atoms with E-state index in [1.54, 1.807) is 7.11 Å². The van der Waals surface area contributed by atoms with Crippen LogP contribution in [0.15, 0.2) is 12.2 Å². The number of aldehydes is 1. The van der Waals surface area contributed by atoms with Gasteiger partial charge in [0.2, 0.25) is 0 Å². The molecule has 1 rings (SSSR count). The van der Waals surface area contributed by atoms with Crippen LogP contribution in [-0.2, 0) is 14.3 Å². The molecular weight excluding hydrogens is 348 g/mol. The van der Waals surface area contributed by atoms with E-state index in [4.69, 9.17) is 9.53 Å². The van der Waals surface area contributed by atoms with Crippen LogP contribution in [0, 0.1) is 35.0 Å². The number of methoxy groups -OCH3 is 1. The van der Waals surface area contributed by atoms with Gasteiger partial charge in [-0.25, -0.2) is 0 Å². The van der Waals surface area contributed by atoms with Gasteiger partial charge in [0, 0.05) is 13.5 Å². The Morgan fingerprint density at radius 2 is 1.82 bits per heavy atom. The molecule has 0 aliphatic heterocycles. The van der Waals surface area contributed by atoms with Gasteiger partial charge in [0.1, 0.15) is 12.1 Å². The molecule has 3 nitrogen and oxygen atoms in total. The van der Waals surface area contributed by atoms with Gasteiger partial charge in [0.05, 0.1) is 12.0 Å². The highest BCUT2D eigenvalue weighted by Crippen LogP contribution is 2.41. The minimum atomic E-state index is -0.541. The average Bonchev–Trinajstić information content (AvgIpc) is 2.61. The van der Waals surface area contributed by atoms with E-state index in [0.29, 0.717) is 24.7 Å². The predicted octanol–water partition coefficient (Wildman–Crippen LogP) is 6.50. The second-order valence-electron chi connectivity index (χ2n) is 9.58. The van der Waals surface area contributed by atoms with Crippen LogP contribution in [0.4, 0.5) is 0 Å². The number of Topliss-reactive ketones (excluding diaryl/α,β-unsaturated/α-hetero) is 1. The number of carbonyl (C=O) groups is 2. The molecule has 1 fully saturated rings. The maximum Gasteiger partial charge on any atom is 0.145 e. The molecule has 3 heteroatoms. The van der Waals surface area contributed by atoms with Crippen LogP contribution in [0.5, 0.6) is 0 Å². The summed E-state index contributed by atoms with van der Waals surface area (Å²) in [5, 5.41) is 0. The summed E-state index contributed by atoms with van der Waals surface area (Å²) in [4.78, 5) is 21.8. The molecular formula is C25H46O3. The van der Waals surface area contributed by atoms with Crippen LogP contribution >= 0.6 is 0 Å². The number of ether oxygens (including phenoxy) is 1. The van der Waals surface area contributed by atoms with Crippen LogP contribution in [0.1, 0.15) is 87.0 Å². The van der Waals surface area contributed by atoms with E-state index in [1.807, 2.05) is 6.92 Å². The van der Waals surface area contributed by atoms with E-state index < -0.39 is 5.41 Å². The van der Waals surface area contributed by atoms with Crippen LogP contribution in [0.25, 0.3) is 0 Å². The van der Waals surface area contributed by atoms with Crippen molar-refractivity contribution >= 4 is 12.1 Å². The molecule has 164 valence electrons. The lowest BCUT2D eigenvalue weighted by Gasteiger charge is -2.38. The molecule has 0 N–H and O–H groups in total. The Morgan fingerprint density at radius 1 is 1.25 bits per heavy atom. The molecule has 0 amide bonds. The van der Waals surface area contributed by atoms with Gasteiger partial charge in [0.15, 0.2) is 0 Å². The molecule has 1 aliphatic rings. The maximum atomic E-state index is 13.0. The topological polar surface area (TPSA) is 43.4 Å². The summed E-state index contributed by atoms with van der Waals surface area (Å²) in [5.74, 6) is 3.83. The molecule has 0 aromatic rings. The predicted molar refractivity (Wildman–Crippen MR) is 119 cm³/mol. The summed E-state index contributed by atoms with van der Waals surface area (Å²) in [6, 6.07) is 0. The fourth-order valence-electron chi connectivity index (χ4n) is 4.81. The lowest BCUT2D eigenvalue weighted by molar-refractivity contribution is -0.129. The third-order valence-electron chi connectivity index (χ3n) is 6.59. The normalized spacial score (nSPS) is 24.3. The van der Waals surface area contributed by atoms with Crippen molar-refractivity contribution in [3.8, 4) is 0 Å². The molecule has 0 aromatic carbocycles. The lowest BCUT2D eigenvalue weighted by atomic mass is 9.68. The zero-order valence-corrected chi connectivity index (χ0v) is 19.8. The quantitative estimate of drug-likeness (QED) is 0.313. The number of carbonyl (C=O) groups excluding carboxylic acids is 2. The standard InChI is InChI=1S/C23H42O2.C2H4O/c1-16(2)19(6)23(7,15-25-8)22(24)11-9-10-20-14-18(5)12-13-21(20)17(3)4;1-2-3/h16-18,20-21H,6,9-15H2,1-5,7-8H3;2H,1H3. The minimum absolute atomic E-state index is 0.300. The molecule has 4 atom stereocenters. The minimum Gasteiger partial charge on any atom is -0.383 e. The van der Waals surface area contributed by atoms with Gasteiger partial charge in [-0.15, -0.1) is 0 Å². The first kappa shape index (κ1) is 27.0. The lowest BCUT2D eigenvalue weighted by Crippen LogP contribution is -2.36. The Hall–Kier alpha value is -0.960. The first-order valence-corrected chi connectivity index (χ1v) is 11.2. The SMILES string of the molecule is C=C(C(C)C)C(C)(COC)C(=O)CCCC1CC(C)CCC1C(C)C.CC=O. The van der Waals surface area contributed by atoms with Gasteiger partial charge >= 0.3 is 0 Å². The number of hydrogen-bond acceptors (Lipinski definition) is 3.